The molecule has 1 aliphatic heterocycles. The maximum atomic E-state index is 12.9. The second-order valence-electron chi connectivity index (χ2n) is 7.59. The van der Waals surface area contributed by atoms with Crippen molar-refractivity contribution in [2.24, 2.45) is 5.92 Å². The van der Waals surface area contributed by atoms with Crippen molar-refractivity contribution in [2.45, 2.75) is 38.1 Å². The summed E-state index contributed by atoms with van der Waals surface area (Å²) < 4.78 is 15.3. The van der Waals surface area contributed by atoms with Gasteiger partial charge >= 0.3 is 12.0 Å². The summed E-state index contributed by atoms with van der Waals surface area (Å²) in [4.78, 5) is 50.6. The van der Waals surface area contributed by atoms with Crippen LogP contribution in [0, 0.1) is 5.92 Å². The first-order chi connectivity index (χ1) is 14.3. The van der Waals surface area contributed by atoms with E-state index in [9.17, 15) is 19.2 Å². The van der Waals surface area contributed by atoms with Gasteiger partial charge in [0, 0.05) is 5.56 Å². The number of benzene rings is 1. The number of hydrogen-bond donors (Lipinski definition) is 1. The molecule has 2 atom stereocenters. The van der Waals surface area contributed by atoms with Crippen molar-refractivity contribution >= 4 is 23.7 Å². The van der Waals surface area contributed by atoms with Crippen LogP contribution < -0.4 is 14.8 Å². The molecule has 3 rings (SSSR count). The first-order valence-electron chi connectivity index (χ1n) is 9.87. The van der Waals surface area contributed by atoms with Crippen molar-refractivity contribution in [1.82, 2.24) is 10.2 Å². The Hall–Kier alpha value is -3.10. The number of methoxy groups -OCH3 is 2. The Kier molecular flexibility index (Phi) is 6.28. The van der Waals surface area contributed by atoms with Crippen molar-refractivity contribution in [1.29, 1.82) is 0 Å². The molecule has 30 heavy (non-hydrogen) atoms. The summed E-state index contributed by atoms with van der Waals surface area (Å²) >= 11 is 0. The normalized spacial score (nSPS) is 23.3. The van der Waals surface area contributed by atoms with Gasteiger partial charge in [0.15, 0.2) is 23.9 Å². The quantitative estimate of drug-likeness (QED) is 0.409. The Bertz CT molecular complexity index is 869. The van der Waals surface area contributed by atoms with Gasteiger partial charge in [0.25, 0.3) is 5.91 Å². The summed E-state index contributed by atoms with van der Waals surface area (Å²) in [7, 11) is 2.93. The zero-order valence-electron chi connectivity index (χ0n) is 17.4. The molecule has 1 aromatic carbocycles. The van der Waals surface area contributed by atoms with Gasteiger partial charge in [0.2, 0.25) is 0 Å². The fraction of sp³-hybridized carbons (Fsp3) is 0.524. The summed E-state index contributed by atoms with van der Waals surface area (Å²) in [6, 6.07) is 3.99. The second-order valence-corrected chi connectivity index (χ2v) is 7.59. The third kappa shape index (κ3) is 3.96. The molecule has 2 unspecified atom stereocenters. The number of ketones is 1. The van der Waals surface area contributed by atoms with Gasteiger partial charge in [0.05, 0.1) is 14.2 Å². The number of nitrogens with one attached hydrogen (secondary N) is 1. The number of esters is 1. The van der Waals surface area contributed by atoms with Crippen molar-refractivity contribution in [3.05, 3.63) is 23.8 Å². The smallest absolute Gasteiger partial charge is 0.326 e. The van der Waals surface area contributed by atoms with E-state index in [1.54, 1.807) is 6.07 Å². The minimum Gasteiger partial charge on any atom is -0.493 e. The van der Waals surface area contributed by atoms with E-state index in [2.05, 4.69) is 5.32 Å². The number of ether oxygens (including phenoxy) is 3. The Morgan fingerprint density at radius 1 is 1.17 bits per heavy atom. The van der Waals surface area contributed by atoms with Crippen LogP contribution in [0.4, 0.5) is 4.79 Å². The van der Waals surface area contributed by atoms with Crippen LogP contribution in [-0.2, 0) is 14.3 Å². The van der Waals surface area contributed by atoms with Crippen molar-refractivity contribution in [3.63, 3.8) is 0 Å². The maximum absolute atomic E-state index is 12.9. The molecule has 0 bridgehead atoms. The lowest BCUT2D eigenvalue weighted by Gasteiger charge is -2.36. The number of carbonyl (C=O) groups excluding carboxylic acids is 4. The molecule has 162 valence electrons. The fourth-order valence-electron chi connectivity index (χ4n) is 4.05. The predicted octanol–water partition coefficient (Wildman–Crippen LogP) is 1.93. The van der Waals surface area contributed by atoms with Crippen LogP contribution >= 0.6 is 0 Å². The molecule has 9 heteroatoms. The highest BCUT2D eigenvalue weighted by molar-refractivity contribution is 6.09. The van der Waals surface area contributed by atoms with Crippen molar-refractivity contribution in [3.8, 4) is 11.5 Å². The third-order valence-electron chi connectivity index (χ3n) is 5.86. The number of urea groups is 1. The van der Waals surface area contributed by atoms with Gasteiger partial charge in [-0.25, -0.2) is 4.79 Å². The van der Waals surface area contributed by atoms with E-state index < -0.39 is 42.4 Å². The van der Waals surface area contributed by atoms with Crippen LogP contribution in [0.3, 0.4) is 0 Å². The van der Waals surface area contributed by atoms with Gasteiger partial charge in [-0.05, 0) is 37.0 Å². The summed E-state index contributed by atoms with van der Waals surface area (Å²) in [6.45, 7) is 0.888. The number of Topliss-reactive ketones (excluding diaryl/α,β-unsaturated/α-hetero) is 1. The van der Waals surface area contributed by atoms with Crippen LogP contribution in [0.1, 0.15) is 43.0 Å². The number of nitrogens with zero attached hydrogens (tertiary/aromatic N) is 1. The van der Waals surface area contributed by atoms with Crippen molar-refractivity contribution < 1.29 is 33.4 Å². The van der Waals surface area contributed by atoms with Crippen LogP contribution in [-0.4, -0.2) is 61.5 Å². The molecule has 3 amide bonds. The van der Waals surface area contributed by atoms with Gasteiger partial charge in [-0.15, -0.1) is 0 Å². The number of rotatable bonds is 7. The van der Waals surface area contributed by atoms with Gasteiger partial charge in [-0.3, -0.25) is 19.3 Å². The highest BCUT2D eigenvalue weighted by Crippen LogP contribution is 2.38. The number of hydrogen-bond acceptors (Lipinski definition) is 7. The zero-order valence-corrected chi connectivity index (χ0v) is 17.4. The first kappa shape index (κ1) is 21.6. The molecular weight excluding hydrogens is 392 g/mol. The summed E-state index contributed by atoms with van der Waals surface area (Å²) in [5, 5.41) is 2.78. The van der Waals surface area contributed by atoms with E-state index in [1.807, 2.05) is 6.92 Å². The minimum atomic E-state index is -0.939. The Morgan fingerprint density at radius 2 is 1.90 bits per heavy atom. The maximum Gasteiger partial charge on any atom is 0.326 e. The number of carbonyl (C=O) groups is 4. The molecular formula is C21H26N2O7. The highest BCUT2D eigenvalue weighted by atomic mass is 16.5. The second kappa shape index (κ2) is 8.73. The Balaban J connectivity index is 1.59. The summed E-state index contributed by atoms with van der Waals surface area (Å²) in [6.07, 6.45) is 3.24. The van der Waals surface area contributed by atoms with E-state index in [0.29, 0.717) is 17.9 Å². The van der Waals surface area contributed by atoms with Gasteiger partial charge in [-0.1, -0.05) is 19.8 Å². The standard InChI is InChI=1S/C21H26N2O7/c1-13-6-4-5-9-21(13)19(26)23(20(27)22-21)11-18(25)30-12-15(24)14-7-8-16(28-2)17(10-14)29-3/h7-8,10,13H,4-6,9,11-12H2,1-3H3,(H,22,27). The molecule has 2 fully saturated rings. The average molecular weight is 418 g/mol. The molecule has 0 aromatic heterocycles. The molecule has 1 N–H and O–H groups in total. The van der Waals surface area contributed by atoms with E-state index in [4.69, 9.17) is 14.2 Å². The first-order valence-corrected chi connectivity index (χ1v) is 9.87. The van der Waals surface area contributed by atoms with E-state index in [1.165, 1.54) is 26.4 Å². The van der Waals surface area contributed by atoms with Gasteiger partial charge in [-0.2, -0.15) is 0 Å². The topological polar surface area (TPSA) is 111 Å². The summed E-state index contributed by atoms with van der Waals surface area (Å²) in [5.41, 5.74) is -0.657. The SMILES string of the molecule is COc1ccc(C(=O)COC(=O)CN2C(=O)NC3(CCCCC3C)C2=O)cc1OC. The lowest BCUT2D eigenvalue weighted by Crippen LogP contribution is -2.54. The minimum absolute atomic E-state index is 0.00431. The largest absolute Gasteiger partial charge is 0.493 e. The third-order valence-corrected chi connectivity index (χ3v) is 5.86. The fourth-order valence-corrected chi connectivity index (χ4v) is 4.05. The molecule has 1 saturated carbocycles. The van der Waals surface area contributed by atoms with Gasteiger partial charge in [0.1, 0.15) is 12.1 Å². The molecule has 1 saturated heterocycles. The van der Waals surface area contributed by atoms with E-state index in [0.717, 1.165) is 24.2 Å². The molecule has 1 spiro atoms. The molecule has 0 radical (unpaired) electrons. The van der Waals surface area contributed by atoms with E-state index in [-0.39, 0.29) is 11.5 Å². The lowest BCUT2D eigenvalue weighted by atomic mass is 9.73. The molecule has 1 heterocycles. The van der Waals surface area contributed by atoms with Crippen LogP contribution in [0.2, 0.25) is 0 Å². The lowest BCUT2D eigenvalue weighted by molar-refractivity contribution is -0.147. The Labute approximate surface area is 174 Å². The number of amides is 3. The average Bonchev–Trinajstić information content (AvgIpc) is 2.98. The van der Waals surface area contributed by atoms with Crippen LogP contribution in [0.25, 0.3) is 0 Å². The molecule has 1 aromatic rings. The van der Waals surface area contributed by atoms with Crippen molar-refractivity contribution in [2.75, 3.05) is 27.4 Å². The Morgan fingerprint density at radius 3 is 2.57 bits per heavy atom. The monoisotopic (exact) mass is 418 g/mol. The molecule has 2 aliphatic rings. The predicted molar refractivity (Wildman–Crippen MR) is 105 cm³/mol. The van der Waals surface area contributed by atoms with Gasteiger partial charge < -0.3 is 19.5 Å². The number of imide groups is 1. The molecule has 1 aliphatic carbocycles. The van der Waals surface area contributed by atoms with E-state index >= 15 is 0 Å². The van der Waals surface area contributed by atoms with Crippen LogP contribution in [0.5, 0.6) is 11.5 Å². The molecule has 9 nitrogen and oxygen atoms in total. The summed E-state index contributed by atoms with van der Waals surface area (Å²) in [5.74, 6) is -0.832. The van der Waals surface area contributed by atoms with Crippen LogP contribution in [0.15, 0.2) is 18.2 Å². The zero-order chi connectivity index (χ0) is 21.9. The highest BCUT2D eigenvalue weighted by Gasteiger charge is 2.55.